The highest BCUT2D eigenvalue weighted by Gasteiger charge is 2.14. The molecule has 48 valence electrons. The number of hydrogen-bond acceptors (Lipinski definition) is 2. The van der Waals surface area contributed by atoms with Crippen molar-refractivity contribution in [1.82, 2.24) is 0 Å². The molecule has 0 heterocycles. The summed E-state index contributed by atoms with van der Waals surface area (Å²) in [6.45, 7) is 1.03. The molecule has 0 radical (unpaired) electrons. The van der Waals surface area contributed by atoms with E-state index >= 15 is 0 Å². The predicted octanol–water partition coefficient (Wildman–Crippen LogP) is 0.0543. The molecule has 3 heteroatoms. The number of aliphatic carboxylic acids is 1. The van der Waals surface area contributed by atoms with Gasteiger partial charge in [0.15, 0.2) is 0 Å². The first-order valence-electron chi connectivity index (χ1n) is 3.40. The van der Waals surface area contributed by atoms with Gasteiger partial charge in [0, 0.05) is 2.74 Å². The Morgan fingerprint density at radius 3 is 2.75 bits per heavy atom. The molecule has 8 heavy (non-hydrogen) atoms. The van der Waals surface area contributed by atoms with Crippen LogP contribution in [0, 0.1) is 5.89 Å². The van der Waals surface area contributed by atoms with Crippen LogP contribution in [0.25, 0.3) is 0 Å². The fourth-order valence-electron chi connectivity index (χ4n) is 0.211. The topological polar surface area (TPSA) is 63.3 Å². The highest BCUT2D eigenvalue weighted by Crippen LogP contribution is 1.96. The lowest BCUT2D eigenvalue weighted by atomic mass is 10.1. The number of carbonyl (C=O) groups is 1. The van der Waals surface area contributed by atoms with E-state index in [2.05, 4.69) is 0 Å². The average Bonchev–Trinajstić information content (AvgIpc) is 1.86. The summed E-state index contributed by atoms with van der Waals surface area (Å²) in [7, 11) is 0. The monoisotopic (exact) mass is 121 g/mol. The normalized spacial score (nSPS) is 24.8. The molecule has 0 bridgehead atoms. The zero-order valence-corrected chi connectivity index (χ0v) is 4.72. The number of nitrogens with two attached hydrogens (primary N) is 1. The lowest BCUT2D eigenvalue weighted by Gasteiger charge is -2.07. The van der Waals surface area contributed by atoms with Gasteiger partial charge in [0.1, 0.15) is 6.04 Å². The highest BCUT2D eigenvalue weighted by molar-refractivity contribution is 5.73. The molecule has 0 aromatic heterocycles. The van der Waals surface area contributed by atoms with Crippen LogP contribution in [0.2, 0.25) is 0 Å². The molecule has 0 saturated heterocycles. The van der Waals surface area contributed by atoms with Crippen LogP contribution in [0.3, 0.4) is 0 Å². The van der Waals surface area contributed by atoms with Crippen LogP contribution in [0.15, 0.2) is 0 Å². The molecular formula is C5H11NO2. The maximum Gasteiger partial charge on any atom is 0.320 e. The molecule has 0 aliphatic heterocycles. The van der Waals surface area contributed by atoms with E-state index in [9.17, 15) is 4.79 Å². The molecule has 0 saturated carbocycles. The molecule has 0 aromatic rings. The van der Waals surface area contributed by atoms with Crippen LogP contribution in [0.5, 0.6) is 0 Å². The molecule has 1 unspecified atom stereocenters. The second-order valence-corrected chi connectivity index (χ2v) is 1.66. The minimum absolute atomic E-state index is 0.305. The Labute approximate surface area is 51.3 Å². The van der Waals surface area contributed by atoms with Gasteiger partial charge in [0.05, 0.1) is 0 Å². The Balaban J connectivity index is 4.17. The Morgan fingerprint density at radius 1 is 2.12 bits per heavy atom. The fourth-order valence-corrected chi connectivity index (χ4v) is 0.211. The van der Waals surface area contributed by atoms with E-state index in [4.69, 9.17) is 13.6 Å². The van der Waals surface area contributed by atoms with Crippen LogP contribution in [0.1, 0.15) is 16.6 Å². The smallest absolute Gasteiger partial charge is 0.320 e. The first-order valence-corrected chi connectivity index (χ1v) is 2.19. The zero-order valence-electron chi connectivity index (χ0n) is 6.72. The van der Waals surface area contributed by atoms with Crippen molar-refractivity contribution in [2.45, 2.75) is 19.9 Å². The Bertz CT molecular complexity index is 138. The Morgan fingerprint density at radius 2 is 2.62 bits per heavy atom. The van der Waals surface area contributed by atoms with Gasteiger partial charge in [0.2, 0.25) is 0 Å². The predicted molar refractivity (Wildman–Crippen MR) is 30.4 cm³/mol. The van der Waals surface area contributed by atoms with E-state index in [-0.39, 0.29) is 6.90 Å². The largest absolute Gasteiger partial charge is 0.480 e. The van der Waals surface area contributed by atoms with Gasteiger partial charge in [0.25, 0.3) is 0 Å². The standard InChI is InChI=1S/C5H11NO2/c1-3(2)4(6)5(7)8/h3-4H,6H2,1-2H3,(H,7,8)/t4-/m0/s1/i1T,3T/t3?,4-. The van der Waals surface area contributed by atoms with Crippen molar-refractivity contribution in [3.8, 4) is 0 Å². The van der Waals surface area contributed by atoms with E-state index in [1.54, 1.807) is 0 Å². The van der Waals surface area contributed by atoms with Crippen molar-refractivity contribution in [2.75, 3.05) is 0 Å². The summed E-state index contributed by atoms with van der Waals surface area (Å²) in [6.07, 6.45) is 0. The lowest BCUT2D eigenvalue weighted by Crippen LogP contribution is -2.34. The molecular weight excluding hydrogens is 106 g/mol. The summed E-state index contributed by atoms with van der Waals surface area (Å²) in [5.74, 6) is -2.61. The van der Waals surface area contributed by atoms with E-state index in [1.807, 2.05) is 0 Å². The third-order valence-electron chi connectivity index (χ3n) is 0.797. The summed E-state index contributed by atoms with van der Waals surface area (Å²) in [5, 5.41) is 8.32. The quantitative estimate of drug-likeness (QED) is 0.542. The Hall–Kier alpha value is -0.570. The van der Waals surface area contributed by atoms with E-state index < -0.39 is 17.9 Å². The van der Waals surface area contributed by atoms with Gasteiger partial charge in [-0.25, -0.2) is 0 Å². The van der Waals surface area contributed by atoms with Crippen molar-refractivity contribution in [3.05, 3.63) is 0 Å². The van der Waals surface area contributed by atoms with Crippen molar-refractivity contribution in [1.29, 1.82) is 0 Å². The number of hydrogen-bond donors (Lipinski definition) is 2. The van der Waals surface area contributed by atoms with E-state index in [0.717, 1.165) is 0 Å². The van der Waals surface area contributed by atoms with Crippen LogP contribution >= 0.6 is 0 Å². The molecule has 0 aromatic carbocycles. The molecule has 0 spiro atoms. The van der Waals surface area contributed by atoms with Gasteiger partial charge in [-0.15, -0.1) is 0 Å². The third kappa shape index (κ3) is 1.93. The maximum atomic E-state index is 10.2. The molecule has 3 N–H and O–H groups in total. The van der Waals surface area contributed by atoms with Crippen molar-refractivity contribution >= 4 is 5.97 Å². The summed E-state index contributed by atoms with van der Waals surface area (Å²) in [5.41, 5.74) is 5.10. The van der Waals surface area contributed by atoms with Gasteiger partial charge in [-0.1, -0.05) is 13.8 Å². The highest BCUT2D eigenvalue weighted by atomic mass is 16.4. The number of carboxylic acids is 1. The molecule has 0 aliphatic rings. The van der Waals surface area contributed by atoms with Gasteiger partial charge in [-0.3, -0.25) is 4.79 Å². The molecule has 0 fully saturated rings. The van der Waals surface area contributed by atoms with Crippen LogP contribution in [0.4, 0.5) is 0 Å². The second kappa shape index (κ2) is 2.67. The Kier molecular flexibility index (Phi) is 1.44. The third-order valence-corrected chi connectivity index (χ3v) is 0.797. The second-order valence-electron chi connectivity index (χ2n) is 1.66. The van der Waals surface area contributed by atoms with E-state index in [0.29, 0.717) is 0 Å². The van der Waals surface area contributed by atoms with Gasteiger partial charge >= 0.3 is 5.97 Å². The first kappa shape index (κ1) is 4.32. The van der Waals surface area contributed by atoms with Crippen LogP contribution in [-0.4, -0.2) is 17.1 Å². The van der Waals surface area contributed by atoms with E-state index in [1.165, 1.54) is 6.92 Å². The zero-order chi connectivity index (χ0) is 8.36. The summed E-state index contributed by atoms with van der Waals surface area (Å²) < 4.78 is 14.0. The van der Waals surface area contributed by atoms with Crippen molar-refractivity contribution in [2.24, 2.45) is 11.6 Å². The molecule has 0 aliphatic carbocycles. The lowest BCUT2D eigenvalue weighted by molar-refractivity contribution is -0.139. The molecule has 3 nitrogen and oxygen atoms in total. The maximum absolute atomic E-state index is 10.2. The van der Waals surface area contributed by atoms with Crippen LogP contribution in [-0.2, 0) is 4.79 Å². The minimum atomic E-state index is -1.38. The first-order chi connectivity index (χ1) is 4.41. The molecule has 0 rings (SSSR count). The van der Waals surface area contributed by atoms with Crippen molar-refractivity contribution in [3.63, 3.8) is 0 Å². The minimum Gasteiger partial charge on any atom is -0.480 e. The van der Waals surface area contributed by atoms with Crippen LogP contribution < -0.4 is 5.73 Å². The SMILES string of the molecule is [3H]CC([3H])(C)[C@H](N)C(=O)O. The van der Waals surface area contributed by atoms with Gasteiger partial charge < -0.3 is 10.8 Å². The average molecular weight is 121 g/mol. The summed E-state index contributed by atoms with van der Waals surface area (Å²) in [6, 6.07) is -1.27. The number of rotatable bonds is 2. The fraction of sp³-hybridized carbons (Fsp3) is 0.800. The molecule has 2 atom stereocenters. The summed E-state index contributed by atoms with van der Waals surface area (Å²) >= 11 is 0. The van der Waals surface area contributed by atoms with Gasteiger partial charge in [-0.05, 0) is 5.89 Å². The summed E-state index contributed by atoms with van der Waals surface area (Å²) in [4.78, 5) is 10.2. The van der Waals surface area contributed by atoms with Gasteiger partial charge in [-0.2, -0.15) is 0 Å². The number of carboxylic acid groups (broad SMARTS) is 1. The van der Waals surface area contributed by atoms with Crippen molar-refractivity contribution < 1.29 is 12.6 Å². The molecule has 0 amide bonds.